The molecule has 1 fully saturated rings. The Balaban J connectivity index is 0.00000195. The van der Waals surface area contributed by atoms with E-state index in [1.807, 2.05) is 81.1 Å². The Morgan fingerprint density at radius 1 is 1.05 bits per heavy atom. The maximum absolute atomic E-state index is 13.3. The molecule has 0 aromatic heterocycles. The molecule has 1 heterocycles. The van der Waals surface area contributed by atoms with E-state index in [0.29, 0.717) is 30.0 Å². The first-order chi connectivity index (χ1) is 18.4. The number of aryl methyl sites for hydroxylation is 1. The van der Waals surface area contributed by atoms with E-state index in [4.69, 9.17) is 0 Å². The molecule has 4 rings (SSSR count). The van der Waals surface area contributed by atoms with Crippen LogP contribution in [0.25, 0.3) is 10.8 Å². The highest BCUT2D eigenvalue weighted by molar-refractivity contribution is 7.97. The quantitative estimate of drug-likeness (QED) is 0.261. The van der Waals surface area contributed by atoms with Crippen molar-refractivity contribution in [3.05, 3.63) is 71.8 Å². The van der Waals surface area contributed by atoms with Crippen molar-refractivity contribution in [3.63, 3.8) is 0 Å². The summed E-state index contributed by atoms with van der Waals surface area (Å²) in [5.41, 5.74) is 1.90. The molecule has 2 unspecified atom stereocenters. The number of anilines is 1. The van der Waals surface area contributed by atoms with Gasteiger partial charge in [0.2, 0.25) is 12.3 Å². The first-order valence-electron chi connectivity index (χ1n) is 13.5. The lowest BCUT2D eigenvalue weighted by molar-refractivity contribution is -0.133. The standard InChI is InChI=1S/C29H33N3O3S.C2H6/c1-4-9-28(34)31-17-16-25(21(3)18-31)30-36-27-15-14-26(23-12-7-8-13-24(23)27)32(19-33)29(35)22-11-6-5-10-20(22)2;1-2/h5-8,10-15,19,21,25,30H,4,9,16-18H2,1-3H3;1-2H3. The summed E-state index contributed by atoms with van der Waals surface area (Å²) in [5.74, 6) is 0.247. The van der Waals surface area contributed by atoms with Gasteiger partial charge in [0, 0.05) is 41.4 Å². The van der Waals surface area contributed by atoms with Gasteiger partial charge in [-0.3, -0.25) is 19.1 Å². The number of nitrogens with zero attached hydrogens (tertiary/aromatic N) is 2. The molecule has 1 N–H and O–H groups in total. The topological polar surface area (TPSA) is 69.7 Å². The minimum Gasteiger partial charge on any atom is -0.342 e. The van der Waals surface area contributed by atoms with Gasteiger partial charge in [0.15, 0.2) is 0 Å². The average Bonchev–Trinajstić information content (AvgIpc) is 2.94. The molecule has 38 heavy (non-hydrogen) atoms. The van der Waals surface area contributed by atoms with Gasteiger partial charge in [-0.1, -0.05) is 70.2 Å². The summed E-state index contributed by atoms with van der Waals surface area (Å²) in [6.07, 6.45) is 2.99. The van der Waals surface area contributed by atoms with Crippen LogP contribution in [0.15, 0.2) is 65.6 Å². The van der Waals surface area contributed by atoms with Crippen LogP contribution in [-0.2, 0) is 9.59 Å². The van der Waals surface area contributed by atoms with Gasteiger partial charge in [-0.2, -0.15) is 0 Å². The fourth-order valence-electron chi connectivity index (χ4n) is 4.77. The van der Waals surface area contributed by atoms with Crippen molar-refractivity contribution in [2.75, 3.05) is 18.0 Å². The molecule has 202 valence electrons. The fraction of sp³-hybridized carbons (Fsp3) is 0.387. The number of carbonyl (C=O) groups is 3. The minimum atomic E-state index is -0.343. The molecule has 0 aliphatic carbocycles. The molecule has 0 radical (unpaired) electrons. The van der Waals surface area contributed by atoms with Crippen LogP contribution in [0.1, 0.15) is 62.9 Å². The second kappa shape index (κ2) is 14.1. The number of benzene rings is 3. The summed E-state index contributed by atoms with van der Waals surface area (Å²) in [6, 6.07) is 19.2. The van der Waals surface area contributed by atoms with Crippen LogP contribution in [0, 0.1) is 12.8 Å². The zero-order valence-corrected chi connectivity index (χ0v) is 23.9. The summed E-state index contributed by atoms with van der Waals surface area (Å²) in [4.78, 5) is 41.9. The molecule has 1 saturated heterocycles. The van der Waals surface area contributed by atoms with E-state index in [1.54, 1.807) is 24.1 Å². The largest absolute Gasteiger partial charge is 0.342 e. The number of fused-ring (bicyclic) bond motifs is 1. The molecule has 1 aliphatic rings. The molecule has 0 spiro atoms. The van der Waals surface area contributed by atoms with Gasteiger partial charge < -0.3 is 4.90 Å². The number of piperidine rings is 1. The number of hydrogen-bond acceptors (Lipinski definition) is 5. The van der Waals surface area contributed by atoms with Crippen molar-refractivity contribution in [1.82, 2.24) is 9.62 Å². The van der Waals surface area contributed by atoms with E-state index < -0.39 is 0 Å². The van der Waals surface area contributed by atoms with Crippen molar-refractivity contribution in [2.24, 2.45) is 5.92 Å². The predicted octanol–water partition coefficient (Wildman–Crippen LogP) is 6.61. The molecule has 0 saturated carbocycles. The molecule has 3 aromatic rings. The average molecular weight is 534 g/mol. The Morgan fingerprint density at radius 2 is 1.74 bits per heavy atom. The summed E-state index contributed by atoms with van der Waals surface area (Å²) in [5, 5.41) is 1.81. The highest BCUT2D eigenvalue weighted by atomic mass is 32.2. The van der Waals surface area contributed by atoms with Gasteiger partial charge in [0.1, 0.15) is 0 Å². The number of carbonyl (C=O) groups excluding carboxylic acids is 3. The van der Waals surface area contributed by atoms with Gasteiger partial charge in [0.25, 0.3) is 5.91 Å². The fourth-order valence-corrected chi connectivity index (χ4v) is 5.82. The molecule has 1 aliphatic heterocycles. The molecule has 3 aromatic carbocycles. The molecule has 2 atom stereocenters. The third-order valence-corrected chi connectivity index (χ3v) is 7.86. The normalized spacial score (nSPS) is 16.9. The Morgan fingerprint density at radius 3 is 2.39 bits per heavy atom. The lowest BCUT2D eigenvalue weighted by Crippen LogP contribution is -2.48. The number of imide groups is 1. The lowest BCUT2D eigenvalue weighted by Gasteiger charge is -2.37. The SMILES string of the molecule is CC.CCCC(=O)N1CCC(NSc2ccc(N(C=O)C(=O)c3ccccc3C)c3ccccc23)C(C)C1. The summed E-state index contributed by atoms with van der Waals surface area (Å²) in [6.45, 7) is 11.6. The third kappa shape index (κ3) is 6.63. The van der Waals surface area contributed by atoms with Crippen molar-refractivity contribution < 1.29 is 14.4 Å². The molecular weight excluding hydrogens is 494 g/mol. The van der Waals surface area contributed by atoms with Crippen molar-refractivity contribution in [2.45, 2.75) is 64.8 Å². The van der Waals surface area contributed by atoms with Gasteiger partial charge in [-0.05, 0) is 66.8 Å². The molecular formula is C31H39N3O3S. The van der Waals surface area contributed by atoms with Crippen LogP contribution in [0.3, 0.4) is 0 Å². The second-order valence-corrected chi connectivity index (χ2v) is 10.3. The van der Waals surface area contributed by atoms with E-state index in [-0.39, 0.29) is 17.9 Å². The number of rotatable bonds is 8. The van der Waals surface area contributed by atoms with Gasteiger partial charge in [0.05, 0.1) is 5.69 Å². The van der Waals surface area contributed by atoms with Crippen LogP contribution >= 0.6 is 11.9 Å². The summed E-state index contributed by atoms with van der Waals surface area (Å²) in [7, 11) is 0. The van der Waals surface area contributed by atoms with Gasteiger partial charge in [-0.25, -0.2) is 4.90 Å². The smallest absolute Gasteiger partial charge is 0.265 e. The Hall–Kier alpha value is -3.16. The van der Waals surface area contributed by atoms with E-state index in [1.165, 1.54) is 4.90 Å². The van der Waals surface area contributed by atoms with Crippen LogP contribution in [0.5, 0.6) is 0 Å². The maximum Gasteiger partial charge on any atom is 0.265 e. The molecule has 0 bridgehead atoms. The van der Waals surface area contributed by atoms with E-state index in [0.717, 1.165) is 47.2 Å². The summed E-state index contributed by atoms with van der Waals surface area (Å²) < 4.78 is 3.62. The highest BCUT2D eigenvalue weighted by Crippen LogP contribution is 2.35. The number of likely N-dealkylation sites (tertiary alicyclic amines) is 1. The number of nitrogens with one attached hydrogen (secondary N) is 1. The van der Waals surface area contributed by atoms with Crippen LogP contribution in [-0.4, -0.2) is 42.3 Å². The Kier molecular flexibility index (Phi) is 10.9. The Bertz CT molecular complexity index is 1260. The minimum absolute atomic E-state index is 0.247. The first-order valence-corrected chi connectivity index (χ1v) is 14.3. The lowest BCUT2D eigenvalue weighted by atomic mass is 9.94. The predicted molar refractivity (Wildman–Crippen MR) is 157 cm³/mol. The maximum atomic E-state index is 13.3. The highest BCUT2D eigenvalue weighted by Gasteiger charge is 2.28. The molecule has 3 amide bonds. The van der Waals surface area contributed by atoms with E-state index in [2.05, 4.69) is 11.6 Å². The van der Waals surface area contributed by atoms with Crippen LogP contribution in [0.2, 0.25) is 0 Å². The Labute approximate surface area is 230 Å². The molecule has 7 heteroatoms. The zero-order chi connectivity index (χ0) is 27.7. The van der Waals surface area contributed by atoms with Crippen LogP contribution < -0.4 is 9.62 Å². The van der Waals surface area contributed by atoms with E-state index in [9.17, 15) is 14.4 Å². The zero-order valence-electron chi connectivity index (χ0n) is 23.1. The van der Waals surface area contributed by atoms with Crippen molar-refractivity contribution in [3.8, 4) is 0 Å². The monoisotopic (exact) mass is 533 g/mol. The number of hydrogen-bond donors (Lipinski definition) is 1. The third-order valence-electron chi connectivity index (χ3n) is 6.86. The van der Waals surface area contributed by atoms with Gasteiger partial charge >= 0.3 is 0 Å². The summed E-state index contributed by atoms with van der Waals surface area (Å²) >= 11 is 1.57. The second-order valence-electron chi connectivity index (χ2n) is 9.41. The number of amides is 3. The first kappa shape index (κ1) is 29.4. The molecule has 6 nitrogen and oxygen atoms in total. The van der Waals surface area contributed by atoms with Crippen molar-refractivity contribution >= 4 is 46.6 Å². The van der Waals surface area contributed by atoms with E-state index >= 15 is 0 Å². The van der Waals surface area contributed by atoms with Crippen molar-refractivity contribution in [1.29, 1.82) is 0 Å². The van der Waals surface area contributed by atoms with Gasteiger partial charge in [-0.15, -0.1) is 0 Å². The van der Waals surface area contributed by atoms with Crippen LogP contribution in [0.4, 0.5) is 5.69 Å².